The lowest BCUT2D eigenvalue weighted by atomic mass is 9.98. The molecule has 1 N–H and O–H groups in total. The van der Waals surface area contributed by atoms with Crippen LogP contribution in [0.5, 0.6) is 0 Å². The molecule has 4 heterocycles. The van der Waals surface area contributed by atoms with Crippen molar-refractivity contribution in [2.45, 2.75) is 18.8 Å². The van der Waals surface area contributed by atoms with Crippen LogP contribution in [0, 0.1) is 0 Å². The van der Waals surface area contributed by atoms with Crippen molar-refractivity contribution in [2.75, 3.05) is 18.4 Å². The van der Waals surface area contributed by atoms with Crippen molar-refractivity contribution >= 4 is 69.5 Å². The molecule has 3 aromatic heterocycles. The molecule has 1 aliphatic heterocycles. The zero-order valence-corrected chi connectivity index (χ0v) is 21.8. The molecule has 2 amide bonds. The molecule has 0 bridgehead atoms. The fourth-order valence-electron chi connectivity index (χ4n) is 3.84. The van der Waals surface area contributed by atoms with Gasteiger partial charge in [-0.2, -0.15) is 0 Å². The fraction of sp³-hybridized carbons (Fsp3) is 0.217. The first-order chi connectivity index (χ1) is 16.9. The summed E-state index contributed by atoms with van der Waals surface area (Å²) in [4.78, 5) is 23.1. The highest BCUT2D eigenvalue weighted by atomic mass is 35.5. The van der Waals surface area contributed by atoms with Crippen LogP contribution in [0.3, 0.4) is 0 Å². The van der Waals surface area contributed by atoms with Crippen LogP contribution in [-0.2, 0) is 0 Å². The van der Waals surface area contributed by atoms with E-state index in [-0.39, 0.29) is 22.3 Å². The number of piperidine rings is 1. The van der Waals surface area contributed by atoms with Gasteiger partial charge < -0.3 is 14.7 Å². The second-order valence-electron chi connectivity index (χ2n) is 7.97. The van der Waals surface area contributed by atoms with E-state index in [9.17, 15) is 4.79 Å². The number of anilines is 1. The minimum Gasteiger partial charge on any atom is -0.354 e. The van der Waals surface area contributed by atoms with Gasteiger partial charge in [0, 0.05) is 41.7 Å². The Hall–Kier alpha value is -2.36. The maximum atomic E-state index is 12.6. The Bertz CT molecular complexity index is 1360. The van der Waals surface area contributed by atoms with Gasteiger partial charge in [-0.1, -0.05) is 57.6 Å². The van der Waals surface area contributed by atoms with Crippen molar-refractivity contribution in [1.82, 2.24) is 20.0 Å². The zero-order chi connectivity index (χ0) is 24.5. The summed E-state index contributed by atoms with van der Waals surface area (Å²) in [7, 11) is 0. The number of carbonyl (C=O) groups is 1. The number of carbonyl (C=O) groups excluding carboxylic acids is 1. The Kier molecular flexibility index (Phi) is 7.18. The van der Waals surface area contributed by atoms with E-state index in [0.717, 1.165) is 29.1 Å². The van der Waals surface area contributed by atoms with E-state index in [0.29, 0.717) is 40.3 Å². The molecule has 180 valence electrons. The topological polar surface area (TPSA) is 84.2 Å². The molecule has 0 radical (unpaired) electrons. The first-order valence-electron chi connectivity index (χ1n) is 10.6. The molecule has 1 aliphatic rings. The van der Waals surface area contributed by atoms with Crippen LogP contribution >= 0.6 is 57.7 Å². The number of halogens is 4. The molecule has 0 atom stereocenters. The summed E-state index contributed by atoms with van der Waals surface area (Å²) < 4.78 is 5.53. The van der Waals surface area contributed by atoms with Crippen molar-refractivity contribution in [2.24, 2.45) is 0 Å². The molecular formula is C23H17Cl4N5O2S. The van der Waals surface area contributed by atoms with E-state index >= 15 is 0 Å². The molecule has 0 unspecified atom stereocenters. The second-order valence-corrected chi connectivity index (χ2v) is 10.4. The summed E-state index contributed by atoms with van der Waals surface area (Å²) in [5.74, 6) is 0.847. The van der Waals surface area contributed by atoms with Crippen molar-refractivity contribution < 1.29 is 9.32 Å². The van der Waals surface area contributed by atoms with Crippen molar-refractivity contribution in [3.05, 3.63) is 67.1 Å². The van der Waals surface area contributed by atoms with E-state index in [4.69, 9.17) is 55.9 Å². The van der Waals surface area contributed by atoms with Crippen molar-refractivity contribution in [1.29, 1.82) is 0 Å². The molecule has 7 nitrogen and oxygen atoms in total. The van der Waals surface area contributed by atoms with Crippen LogP contribution in [-0.4, -0.2) is 39.1 Å². The van der Waals surface area contributed by atoms with Crippen LogP contribution < -0.4 is 5.32 Å². The van der Waals surface area contributed by atoms with Crippen molar-refractivity contribution in [3.8, 4) is 22.7 Å². The Morgan fingerprint density at radius 2 is 1.71 bits per heavy atom. The molecule has 0 saturated carbocycles. The van der Waals surface area contributed by atoms with E-state index < -0.39 is 0 Å². The van der Waals surface area contributed by atoms with Crippen LogP contribution in [0.15, 0.2) is 46.3 Å². The lowest BCUT2D eigenvalue weighted by Crippen LogP contribution is -2.40. The predicted octanol–water partition coefficient (Wildman–Crippen LogP) is 7.89. The van der Waals surface area contributed by atoms with Gasteiger partial charge in [0.1, 0.15) is 21.7 Å². The number of thiazole rings is 1. The van der Waals surface area contributed by atoms with Gasteiger partial charge in [-0.05, 0) is 37.1 Å². The number of benzene rings is 1. The molecule has 0 aliphatic carbocycles. The molecular weight excluding hydrogens is 552 g/mol. The zero-order valence-electron chi connectivity index (χ0n) is 18.0. The average Bonchev–Trinajstić information content (AvgIpc) is 3.50. The fourth-order valence-corrected chi connectivity index (χ4v) is 5.58. The lowest BCUT2D eigenvalue weighted by Gasteiger charge is -2.31. The van der Waals surface area contributed by atoms with Crippen LogP contribution in [0.25, 0.3) is 22.7 Å². The molecule has 5 rings (SSSR count). The summed E-state index contributed by atoms with van der Waals surface area (Å²) in [6.07, 6.45) is 1.62. The third kappa shape index (κ3) is 5.57. The summed E-state index contributed by atoms with van der Waals surface area (Å²) in [5.41, 5.74) is 2.71. The van der Waals surface area contributed by atoms with Gasteiger partial charge in [0.05, 0.1) is 15.1 Å². The molecule has 1 fully saturated rings. The lowest BCUT2D eigenvalue weighted by molar-refractivity contribution is 0.194. The number of nitrogens with one attached hydrogen (secondary N) is 1. The van der Waals surface area contributed by atoms with Gasteiger partial charge in [-0.3, -0.25) is 0 Å². The number of aromatic nitrogens is 3. The van der Waals surface area contributed by atoms with Crippen LogP contribution in [0.4, 0.5) is 10.5 Å². The smallest absolute Gasteiger partial charge is 0.321 e. The number of nitrogens with zero attached hydrogens (tertiary/aromatic N) is 4. The second kappa shape index (κ2) is 10.3. The number of rotatable bonds is 4. The molecule has 12 heteroatoms. The Morgan fingerprint density at radius 3 is 2.43 bits per heavy atom. The normalized spacial score (nSPS) is 14.3. The number of likely N-dealkylation sites (tertiary alicyclic amines) is 1. The minimum atomic E-state index is -0.196. The van der Waals surface area contributed by atoms with E-state index in [1.165, 1.54) is 0 Å². The standard InChI is InChI=1S/C23H17Cl4N5O2S/c24-15-2-1-13(7-16(15)25)17-10-19(34-31-17)18-11-35-22(29-18)12-3-5-32(6-4-12)23(33)28-14-8-20(26)30-21(27)9-14/h1-2,7-12H,3-6H2,(H,28,30,33). The first kappa shape index (κ1) is 24.3. The van der Waals surface area contributed by atoms with Crippen LogP contribution in [0.1, 0.15) is 23.8 Å². The average molecular weight is 569 g/mol. The predicted molar refractivity (Wildman–Crippen MR) is 140 cm³/mol. The van der Waals surface area contributed by atoms with Gasteiger partial charge >= 0.3 is 6.03 Å². The molecule has 35 heavy (non-hydrogen) atoms. The van der Waals surface area contributed by atoms with E-state index in [1.54, 1.807) is 40.5 Å². The number of hydrogen-bond donors (Lipinski definition) is 1. The highest BCUT2D eigenvalue weighted by Crippen LogP contribution is 2.35. The van der Waals surface area contributed by atoms with Gasteiger partial charge in [-0.25, -0.2) is 14.8 Å². The molecule has 1 aromatic carbocycles. The highest BCUT2D eigenvalue weighted by Gasteiger charge is 2.26. The molecule has 4 aromatic rings. The SMILES string of the molecule is O=C(Nc1cc(Cl)nc(Cl)c1)N1CCC(c2nc(-c3cc(-c4ccc(Cl)c(Cl)c4)no3)cs2)CC1. The summed E-state index contributed by atoms with van der Waals surface area (Å²) in [6.45, 7) is 1.23. The molecule has 0 spiro atoms. The van der Waals surface area contributed by atoms with Crippen molar-refractivity contribution in [3.63, 3.8) is 0 Å². The minimum absolute atomic E-state index is 0.196. The maximum absolute atomic E-state index is 12.6. The first-order valence-corrected chi connectivity index (χ1v) is 13.0. The monoisotopic (exact) mass is 567 g/mol. The summed E-state index contributed by atoms with van der Waals surface area (Å²) >= 11 is 25.5. The summed E-state index contributed by atoms with van der Waals surface area (Å²) in [6, 6.07) is 10.1. The van der Waals surface area contributed by atoms with Gasteiger partial charge in [-0.15, -0.1) is 11.3 Å². The van der Waals surface area contributed by atoms with Gasteiger partial charge in [0.25, 0.3) is 0 Å². The largest absolute Gasteiger partial charge is 0.354 e. The molecule has 1 saturated heterocycles. The number of urea groups is 1. The van der Waals surface area contributed by atoms with E-state index in [2.05, 4.69) is 15.5 Å². The Labute approximate surface area is 225 Å². The van der Waals surface area contributed by atoms with Gasteiger partial charge in [0.15, 0.2) is 5.76 Å². The summed E-state index contributed by atoms with van der Waals surface area (Å²) in [5, 5.41) is 11.3. The quantitative estimate of drug-likeness (QED) is 0.253. The third-order valence-electron chi connectivity index (χ3n) is 5.65. The van der Waals surface area contributed by atoms with E-state index in [1.807, 2.05) is 17.5 Å². The Balaban J connectivity index is 1.21. The van der Waals surface area contributed by atoms with Gasteiger partial charge in [0.2, 0.25) is 0 Å². The van der Waals surface area contributed by atoms with Crippen LogP contribution in [0.2, 0.25) is 20.4 Å². The number of hydrogen-bond acceptors (Lipinski definition) is 6. The maximum Gasteiger partial charge on any atom is 0.321 e. The third-order valence-corrected chi connectivity index (χ3v) is 7.78. The number of pyridine rings is 1. The highest BCUT2D eigenvalue weighted by molar-refractivity contribution is 7.10. The number of amides is 2. The Morgan fingerprint density at radius 1 is 0.971 bits per heavy atom.